The third-order valence-corrected chi connectivity index (χ3v) is 3.75. The third kappa shape index (κ3) is 3.10. The molecule has 0 amide bonds. The molecule has 1 saturated heterocycles. The van der Waals surface area contributed by atoms with E-state index in [1.165, 1.54) is 6.07 Å². The fraction of sp³-hybridized carbons (Fsp3) is 0.571. The molecule has 0 aromatic carbocycles. The van der Waals surface area contributed by atoms with Crippen LogP contribution >= 0.6 is 0 Å². The topological polar surface area (TPSA) is 53.4 Å². The molecule has 4 nitrogen and oxygen atoms in total. The highest BCUT2D eigenvalue weighted by Crippen LogP contribution is 2.36. The SMILES string of the molecule is CC1(C)CCCN(Cc2cncc(F)c2)C1C(=O)O. The first kappa shape index (κ1) is 13.9. The number of nitrogens with zero attached hydrogens (tertiary/aromatic N) is 2. The maximum absolute atomic E-state index is 13.1. The Kier molecular flexibility index (Phi) is 3.85. The molecule has 1 aromatic rings. The van der Waals surface area contributed by atoms with E-state index >= 15 is 0 Å². The number of carboxylic acid groups (broad SMARTS) is 1. The van der Waals surface area contributed by atoms with Gasteiger partial charge in [-0.3, -0.25) is 14.7 Å². The molecule has 19 heavy (non-hydrogen) atoms. The van der Waals surface area contributed by atoms with Crippen molar-refractivity contribution in [2.24, 2.45) is 5.41 Å². The Morgan fingerprint density at radius 1 is 1.58 bits per heavy atom. The molecule has 0 radical (unpaired) electrons. The highest BCUT2D eigenvalue weighted by molar-refractivity contribution is 5.74. The average Bonchev–Trinajstić information content (AvgIpc) is 2.26. The summed E-state index contributed by atoms with van der Waals surface area (Å²) >= 11 is 0. The van der Waals surface area contributed by atoms with E-state index in [2.05, 4.69) is 4.98 Å². The number of rotatable bonds is 3. The number of piperidine rings is 1. The van der Waals surface area contributed by atoms with Crippen molar-refractivity contribution in [3.05, 3.63) is 29.8 Å². The van der Waals surface area contributed by atoms with E-state index in [1.54, 1.807) is 6.20 Å². The summed E-state index contributed by atoms with van der Waals surface area (Å²) in [5.74, 6) is -1.20. The summed E-state index contributed by atoms with van der Waals surface area (Å²) in [7, 11) is 0. The smallest absolute Gasteiger partial charge is 0.321 e. The molecule has 0 aliphatic carbocycles. The first-order valence-corrected chi connectivity index (χ1v) is 6.46. The Hall–Kier alpha value is -1.49. The number of hydrogen-bond acceptors (Lipinski definition) is 3. The van der Waals surface area contributed by atoms with Crippen molar-refractivity contribution < 1.29 is 14.3 Å². The molecule has 1 fully saturated rings. The van der Waals surface area contributed by atoms with Crippen LogP contribution in [0.1, 0.15) is 32.3 Å². The van der Waals surface area contributed by atoms with Gasteiger partial charge in [0.1, 0.15) is 11.9 Å². The molecule has 0 spiro atoms. The van der Waals surface area contributed by atoms with Gasteiger partial charge in [0.2, 0.25) is 0 Å². The Morgan fingerprint density at radius 2 is 2.32 bits per heavy atom. The van der Waals surface area contributed by atoms with Gasteiger partial charge < -0.3 is 5.11 Å². The van der Waals surface area contributed by atoms with Crippen molar-refractivity contribution in [3.63, 3.8) is 0 Å². The fourth-order valence-corrected chi connectivity index (χ4v) is 2.94. The summed E-state index contributed by atoms with van der Waals surface area (Å²) in [5, 5.41) is 9.45. The maximum atomic E-state index is 13.1. The molecule has 1 aliphatic rings. The Morgan fingerprint density at radius 3 is 2.95 bits per heavy atom. The molecule has 1 atom stereocenters. The van der Waals surface area contributed by atoms with Gasteiger partial charge in [-0.05, 0) is 36.4 Å². The number of aliphatic carboxylic acids is 1. The monoisotopic (exact) mass is 266 g/mol. The lowest BCUT2D eigenvalue weighted by Gasteiger charge is -2.44. The van der Waals surface area contributed by atoms with Crippen LogP contribution in [0.2, 0.25) is 0 Å². The minimum atomic E-state index is -0.811. The van der Waals surface area contributed by atoms with Gasteiger partial charge in [0.15, 0.2) is 0 Å². The lowest BCUT2D eigenvalue weighted by Crippen LogP contribution is -2.53. The predicted molar refractivity (Wildman–Crippen MR) is 69.0 cm³/mol. The van der Waals surface area contributed by atoms with E-state index in [0.29, 0.717) is 12.1 Å². The number of likely N-dealkylation sites (tertiary alicyclic amines) is 1. The van der Waals surface area contributed by atoms with E-state index in [4.69, 9.17) is 0 Å². The number of pyridine rings is 1. The van der Waals surface area contributed by atoms with Gasteiger partial charge in [-0.15, -0.1) is 0 Å². The highest BCUT2D eigenvalue weighted by atomic mass is 19.1. The minimum Gasteiger partial charge on any atom is -0.480 e. The predicted octanol–water partition coefficient (Wildman–Crippen LogP) is 2.30. The van der Waals surface area contributed by atoms with Gasteiger partial charge in [-0.2, -0.15) is 0 Å². The van der Waals surface area contributed by atoms with Crippen molar-refractivity contribution in [2.75, 3.05) is 6.54 Å². The number of carbonyl (C=O) groups is 1. The van der Waals surface area contributed by atoms with Gasteiger partial charge in [-0.1, -0.05) is 13.8 Å². The van der Waals surface area contributed by atoms with E-state index < -0.39 is 12.0 Å². The molecule has 1 aromatic heterocycles. The van der Waals surface area contributed by atoms with Crippen LogP contribution in [0.15, 0.2) is 18.5 Å². The van der Waals surface area contributed by atoms with Crippen molar-refractivity contribution in [3.8, 4) is 0 Å². The number of carboxylic acids is 1. The van der Waals surface area contributed by atoms with Gasteiger partial charge >= 0.3 is 5.97 Å². The van der Waals surface area contributed by atoms with Crippen LogP contribution in [0.5, 0.6) is 0 Å². The minimum absolute atomic E-state index is 0.273. The van der Waals surface area contributed by atoms with Crippen LogP contribution in [0.3, 0.4) is 0 Å². The lowest BCUT2D eigenvalue weighted by molar-refractivity contribution is -0.151. The standard InChI is InChI=1S/C14H19FN2O2/c1-14(2)4-3-5-17(12(14)13(18)19)9-10-6-11(15)8-16-7-10/h6-8,12H,3-5,9H2,1-2H3,(H,18,19). The Balaban J connectivity index is 2.20. The molecule has 1 N–H and O–H groups in total. The summed E-state index contributed by atoms with van der Waals surface area (Å²) in [4.78, 5) is 17.2. The largest absolute Gasteiger partial charge is 0.480 e. The lowest BCUT2D eigenvalue weighted by atomic mass is 9.76. The highest BCUT2D eigenvalue weighted by Gasteiger charge is 2.42. The molecule has 1 aliphatic heterocycles. The molecule has 1 unspecified atom stereocenters. The van der Waals surface area contributed by atoms with Crippen LogP contribution < -0.4 is 0 Å². The van der Waals surface area contributed by atoms with Crippen LogP contribution in [-0.2, 0) is 11.3 Å². The van der Waals surface area contributed by atoms with Crippen LogP contribution in [0.25, 0.3) is 0 Å². The molecule has 2 heterocycles. The molecular weight excluding hydrogens is 247 g/mol. The first-order chi connectivity index (χ1) is 8.90. The summed E-state index contributed by atoms with van der Waals surface area (Å²) in [6.07, 6.45) is 4.59. The van der Waals surface area contributed by atoms with E-state index in [9.17, 15) is 14.3 Å². The van der Waals surface area contributed by atoms with Crippen molar-refractivity contribution in [2.45, 2.75) is 39.3 Å². The average molecular weight is 266 g/mol. The fourth-order valence-electron chi connectivity index (χ4n) is 2.94. The van der Waals surface area contributed by atoms with Crippen LogP contribution in [0, 0.1) is 11.2 Å². The number of halogens is 1. The van der Waals surface area contributed by atoms with E-state index in [0.717, 1.165) is 25.6 Å². The quantitative estimate of drug-likeness (QED) is 0.912. The second kappa shape index (κ2) is 5.25. The zero-order valence-corrected chi connectivity index (χ0v) is 11.3. The Labute approximate surface area is 112 Å². The number of aromatic nitrogens is 1. The van der Waals surface area contributed by atoms with Crippen LogP contribution in [-0.4, -0.2) is 33.5 Å². The second-order valence-corrected chi connectivity index (χ2v) is 5.81. The van der Waals surface area contributed by atoms with Gasteiger partial charge in [0, 0.05) is 12.7 Å². The Bertz CT molecular complexity index is 476. The zero-order valence-electron chi connectivity index (χ0n) is 11.3. The third-order valence-electron chi connectivity index (χ3n) is 3.75. The molecular formula is C14H19FN2O2. The van der Waals surface area contributed by atoms with Crippen molar-refractivity contribution in [1.29, 1.82) is 0 Å². The van der Waals surface area contributed by atoms with E-state index in [1.807, 2.05) is 18.7 Å². The first-order valence-electron chi connectivity index (χ1n) is 6.46. The number of hydrogen-bond donors (Lipinski definition) is 1. The molecule has 0 bridgehead atoms. The van der Waals surface area contributed by atoms with Crippen molar-refractivity contribution >= 4 is 5.97 Å². The second-order valence-electron chi connectivity index (χ2n) is 5.81. The van der Waals surface area contributed by atoms with E-state index in [-0.39, 0.29) is 11.2 Å². The van der Waals surface area contributed by atoms with Crippen LogP contribution in [0.4, 0.5) is 4.39 Å². The summed E-state index contributed by atoms with van der Waals surface area (Å²) in [6, 6.07) is 0.873. The zero-order chi connectivity index (χ0) is 14.0. The summed E-state index contributed by atoms with van der Waals surface area (Å²) < 4.78 is 13.1. The molecule has 5 heteroatoms. The van der Waals surface area contributed by atoms with Crippen molar-refractivity contribution in [1.82, 2.24) is 9.88 Å². The summed E-state index contributed by atoms with van der Waals surface area (Å²) in [5.41, 5.74) is 0.439. The normalized spacial score (nSPS) is 23.2. The van der Waals surface area contributed by atoms with Gasteiger partial charge in [0.05, 0.1) is 6.20 Å². The van der Waals surface area contributed by atoms with Gasteiger partial charge in [-0.25, -0.2) is 4.39 Å². The summed E-state index contributed by atoms with van der Waals surface area (Å²) in [6.45, 7) is 5.09. The molecule has 2 rings (SSSR count). The van der Waals surface area contributed by atoms with Gasteiger partial charge in [0.25, 0.3) is 0 Å². The molecule has 0 saturated carbocycles. The maximum Gasteiger partial charge on any atom is 0.321 e. The molecule has 104 valence electrons.